The van der Waals surface area contributed by atoms with Crippen molar-refractivity contribution >= 4 is 5.91 Å². The van der Waals surface area contributed by atoms with Gasteiger partial charge in [0.25, 0.3) is 0 Å². The third kappa shape index (κ3) is 2.27. The summed E-state index contributed by atoms with van der Waals surface area (Å²) in [5, 5.41) is 9.11. The van der Waals surface area contributed by atoms with Crippen molar-refractivity contribution in [3.8, 4) is 0 Å². The lowest BCUT2D eigenvalue weighted by Crippen LogP contribution is -2.41. The Kier molecular flexibility index (Phi) is 3.93. The second-order valence-corrected chi connectivity index (χ2v) is 4.54. The van der Waals surface area contributed by atoms with Crippen molar-refractivity contribution in [3.63, 3.8) is 0 Å². The van der Waals surface area contributed by atoms with Crippen molar-refractivity contribution in [1.29, 1.82) is 0 Å². The first-order valence-corrected chi connectivity index (χ1v) is 5.49. The third-order valence-corrected chi connectivity index (χ3v) is 3.26. The van der Waals surface area contributed by atoms with Crippen molar-refractivity contribution < 1.29 is 9.90 Å². The summed E-state index contributed by atoms with van der Waals surface area (Å²) in [6.07, 6.45) is 1.98. The highest BCUT2D eigenvalue weighted by Crippen LogP contribution is 2.22. The van der Waals surface area contributed by atoms with Crippen LogP contribution in [-0.4, -0.2) is 35.1 Å². The van der Waals surface area contributed by atoms with Crippen LogP contribution >= 0.6 is 0 Å². The lowest BCUT2D eigenvalue weighted by atomic mass is 9.96. The Hall–Kier alpha value is -0.570. The molecule has 1 amide bonds. The molecule has 1 N–H and O–H groups in total. The van der Waals surface area contributed by atoms with E-state index >= 15 is 0 Å². The van der Waals surface area contributed by atoms with Crippen LogP contribution in [0.3, 0.4) is 0 Å². The molecule has 1 aliphatic heterocycles. The van der Waals surface area contributed by atoms with Crippen molar-refractivity contribution in [3.05, 3.63) is 0 Å². The second-order valence-electron chi connectivity index (χ2n) is 4.54. The Bertz CT molecular complexity index is 203. The smallest absolute Gasteiger partial charge is 0.225 e. The van der Waals surface area contributed by atoms with Gasteiger partial charge in [0.2, 0.25) is 5.91 Å². The highest BCUT2D eigenvalue weighted by molar-refractivity contribution is 5.79. The summed E-state index contributed by atoms with van der Waals surface area (Å²) in [4.78, 5) is 13.8. The second kappa shape index (κ2) is 4.78. The number of carbonyl (C=O) groups excluding carboxylic acids is 1. The van der Waals surface area contributed by atoms with Crippen molar-refractivity contribution in [1.82, 2.24) is 4.90 Å². The van der Waals surface area contributed by atoms with E-state index in [1.807, 2.05) is 11.8 Å². The van der Waals surface area contributed by atoms with Crippen LogP contribution in [0.2, 0.25) is 0 Å². The molecule has 1 aliphatic rings. The van der Waals surface area contributed by atoms with E-state index in [9.17, 15) is 4.79 Å². The van der Waals surface area contributed by atoms with Gasteiger partial charge in [-0.25, -0.2) is 0 Å². The molecule has 14 heavy (non-hydrogen) atoms. The zero-order valence-corrected chi connectivity index (χ0v) is 9.36. The summed E-state index contributed by atoms with van der Waals surface area (Å²) in [5.41, 5.74) is 0. The summed E-state index contributed by atoms with van der Waals surface area (Å²) in [6, 6.07) is 0.0729. The highest BCUT2D eigenvalue weighted by Gasteiger charge is 2.31. The number of carbonyl (C=O) groups is 1. The number of rotatable bonds is 3. The molecule has 0 radical (unpaired) electrons. The fourth-order valence-corrected chi connectivity index (χ4v) is 1.86. The summed E-state index contributed by atoms with van der Waals surface area (Å²) in [6.45, 7) is 7.02. The van der Waals surface area contributed by atoms with Gasteiger partial charge in [0.05, 0.1) is 12.6 Å². The molecular formula is C11H21NO2. The largest absolute Gasteiger partial charge is 0.394 e. The molecule has 0 aromatic heterocycles. The minimum absolute atomic E-state index is 0.0714. The van der Waals surface area contributed by atoms with Gasteiger partial charge in [-0.3, -0.25) is 4.79 Å². The maximum Gasteiger partial charge on any atom is 0.225 e. The molecule has 2 atom stereocenters. The SMILES string of the molecule is CC(C)[C@H](C)C(=O)N1CCC[C@H]1CO. The number of hydrogen-bond donors (Lipinski definition) is 1. The van der Waals surface area contributed by atoms with Gasteiger partial charge in [0.1, 0.15) is 0 Å². The summed E-state index contributed by atoms with van der Waals surface area (Å²) >= 11 is 0. The van der Waals surface area contributed by atoms with E-state index in [4.69, 9.17) is 5.11 Å². The van der Waals surface area contributed by atoms with Crippen molar-refractivity contribution in [2.75, 3.05) is 13.2 Å². The average Bonchev–Trinajstić information content (AvgIpc) is 2.62. The zero-order chi connectivity index (χ0) is 10.7. The van der Waals surface area contributed by atoms with E-state index in [-0.39, 0.29) is 24.5 Å². The Morgan fingerprint density at radius 2 is 2.14 bits per heavy atom. The lowest BCUT2D eigenvalue weighted by Gasteiger charge is -2.27. The Morgan fingerprint density at radius 3 is 2.64 bits per heavy atom. The van der Waals surface area contributed by atoms with Crippen molar-refractivity contribution in [2.24, 2.45) is 11.8 Å². The maximum absolute atomic E-state index is 12.0. The van der Waals surface area contributed by atoms with Crippen molar-refractivity contribution in [2.45, 2.75) is 39.7 Å². The fraction of sp³-hybridized carbons (Fsp3) is 0.909. The average molecular weight is 199 g/mol. The zero-order valence-electron chi connectivity index (χ0n) is 9.36. The first-order chi connectivity index (χ1) is 6.57. The van der Waals surface area contributed by atoms with E-state index in [2.05, 4.69) is 13.8 Å². The fourth-order valence-electron chi connectivity index (χ4n) is 1.86. The van der Waals surface area contributed by atoms with Crippen LogP contribution in [0.1, 0.15) is 33.6 Å². The summed E-state index contributed by atoms with van der Waals surface area (Å²) < 4.78 is 0. The third-order valence-electron chi connectivity index (χ3n) is 3.26. The molecule has 0 unspecified atom stereocenters. The molecule has 0 aromatic carbocycles. The van der Waals surface area contributed by atoms with E-state index < -0.39 is 0 Å². The molecular weight excluding hydrogens is 178 g/mol. The van der Waals surface area contributed by atoms with Gasteiger partial charge < -0.3 is 10.0 Å². The molecule has 3 nitrogen and oxygen atoms in total. The highest BCUT2D eigenvalue weighted by atomic mass is 16.3. The molecule has 3 heteroatoms. The van der Waals surface area contributed by atoms with Crippen LogP contribution in [0.5, 0.6) is 0 Å². The van der Waals surface area contributed by atoms with Gasteiger partial charge in [0, 0.05) is 12.5 Å². The van der Waals surface area contributed by atoms with Crippen LogP contribution in [0.15, 0.2) is 0 Å². The predicted molar refractivity (Wildman–Crippen MR) is 55.8 cm³/mol. The van der Waals surface area contributed by atoms with Gasteiger partial charge in [-0.15, -0.1) is 0 Å². The first-order valence-electron chi connectivity index (χ1n) is 5.49. The van der Waals surface area contributed by atoms with Gasteiger partial charge in [0.15, 0.2) is 0 Å². The number of hydrogen-bond acceptors (Lipinski definition) is 2. The first kappa shape index (κ1) is 11.5. The van der Waals surface area contributed by atoms with Crippen LogP contribution in [0.25, 0.3) is 0 Å². The van der Waals surface area contributed by atoms with E-state index in [0.29, 0.717) is 5.92 Å². The molecule has 0 bridgehead atoms. The topological polar surface area (TPSA) is 40.5 Å². The van der Waals surface area contributed by atoms with E-state index in [1.54, 1.807) is 0 Å². The van der Waals surface area contributed by atoms with E-state index in [1.165, 1.54) is 0 Å². The van der Waals surface area contributed by atoms with Gasteiger partial charge >= 0.3 is 0 Å². The molecule has 1 heterocycles. The normalized spacial score (nSPS) is 24.4. The minimum Gasteiger partial charge on any atom is -0.394 e. The molecule has 82 valence electrons. The Morgan fingerprint density at radius 1 is 1.50 bits per heavy atom. The molecule has 0 spiro atoms. The van der Waals surface area contributed by atoms with Gasteiger partial charge in [-0.05, 0) is 18.8 Å². The molecule has 1 fully saturated rings. The predicted octanol–water partition coefficient (Wildman–Crippen LogP) is 1.26. The number of nitrogens with zero attached hydrogens (tertiary/aromatic N) is 1. The van der Waals surface area contributed by atoms with Crippen LogP contribution in [0, 0.1) is 11.8 Å². The summed E-state index contributed by atoms with van der Waals surface area (Å²) in [5.74, 6) is 0.654. The standard InChI is InChI=1S/C11H21NO2/c1-8(2)9(3)11(14)12-6-4-5-10(12)7-13/h8-10,13H,4-7H2,1-3H3/t9-,10-/m0/s1. The monoisotopic (exact) mass is 199 g/mol. The number of aliphatic hydroxyl groups excluding tert-OH is 1. The van der Waals surface area contributed by atoms with Crippen LogP contribution in [0.4, 0.5) is 0 Å². The number of likely N-dealkylation sites (tertiary alicyclic amines) is 1. The van der Waals surface area contributed by atoms with Crippen LogP contribution < -0.4 is 0 Å². The summed E-state index contributed by atoms with van der Waals surface area (Å²) in [7, 11) is 0. The molecule has 1 rings (SSSR count). The maximum atomic E-state index is 12.0. The van der Waals surface area contributed by atoms with E-state index in [0.717, 1.165) is 19.4 Å². The quantitative estimate of drug-likeness (QED) is 0.743. The molecule has 0 aliphatic carbocycles. The minimum atomic E-state index is 0.0714. The molecule has 1 saturated heterocycles. The van der Waals surface area contributed by atoms with Gasteiger partial charge in [-0.2, -0.15) is 0 Å². The Labute approximate surface area is 86.1 Å². The molecule has 0 saturated carbocycles. The van der Waals surface area contributed by atoms with Crippen LogP contribution in [-0.2, 0) is 4.79 Å². The number of aliphatic hydroxyl groups is 1. The molecule has 0 aromatic rings. The van der Waals surface area contributed by atoms with Gasteiger partial charge in [-0.1, -0.05) is 20.8 Å². The number of amides is 1. The Balaban J connectivity index is 2.59. The lowest BCUT2D eigenvalue weighted by molar-refractivity contribution is -0.137.